The van der Waals surface area contributed by atoms with Crippen LogP contribution in [0, 0.1) is 12.8 Å². The zero-order valence-corrected chi connectivity index (χ0v) is 15.7. The monoisotopic (exact) mass is 370 g/mol. The SMILES string of the molecule is Cc1cc(-c2cc(=O)n(CC(=O)NCC3CCCCC3)nc2C2CC2)on1. The standard InChI is InChI=1S/C20H26N4O3/c1-13-9-17(27-23-13)16-10-19(26)24(22-20(16)15-7-8-15)12-18(25)21-11-14-5-3-2-4-6-14/h9-10,14-15H,2-8,11-12H2,1H3,(H,21,25). The maximum Gasteiger partial charge on any atom is 0.267 e. The van der Waals surface area contributed by atoms with Crippen LogP contribution in [0.2, 0.25) is 0 Å². The first-order valence-corrected chi connectivity index (χ1v) is 9.92. The van der Waals surface area contributed by atoms with Crippen molar-refractivity contribution in [2.45, 2.75) is 64.3 Å². The van der Waals surface area contributed by atoms with Gasteiger partial charge in [-0.3, -0.25) is 9.59 Å². The zero-order valence-electron chi connectivity index (χ0n) is 15.7. The molecule has 0 aromatic carbocycles. The molecule has 2 heterocycles. The third kappa shape index (κ3) is 4.28. The Balaban J connectivity index is 1.48. The fraction of sp³-hybridized carbons (Fsp3) is 0.600. The molecule has 0 saturated heterocycles. The van der Waals surface area contributed by atoms with Gasteiger partial charge in [0.2, 0.25) is 5.91 Å². The lowest BCUT2D eigenvalue weighted by atomic mass is 9.89. The van der Waals surface area contributed by atoms with E-state index in [4.69, 9.17) is 4.52 Å². The number of nitrogens with one attached hydrogen (secondary N) is 1. The van der Waals surface area contributed by atoms with E-state index in [1.165, 1.54) is 42.9 Å². The van der Waals surface area contributed by atoms with Gasteiger partial charge in [-0.25, -0.2) is 4.68 Å². The molecule has 0 bridgehead atoms. The van der Waals surface area contributed by atoms with Crippen LogP contribution < -0.4 is 10.9 Å². The Morgan fingerprint density at radius 2 is 2.00 bits per heavy atom. The topological polar surface area (TPSA) is 90.0 Å². The molecule has 2 aliphatic carbocycles. The summed E-state index contributed by atoms with van der Waals surface area (Å²) >= 11 is 0. The van der Waals surface area contributed by atoms with Crippen LogP contribution in [0.4, 0.5) is 0 Å². The Bertz CT molecular complexity index is 876. The largest absolute Gasteiger partial charge is 0.356 e. The van der Waals surface area contributed by atoms with Crippen LogP contribution in [-0.2, 0) is 11.3 Å². The Morgan fingerprint density at radius 3 is 2.67 bits per heavy atom. The minimum Gasteiger partial charge on any atom is -0.356 e. The molecule has 7 nitrogen and oxygen atoms in total. The summed E-state index contributed by atoms with van der Waals surface area (Å²) in [6.07, 6.45) is 8.22. The quantitative estimate of drug-likeness (QED) is 0.844. The molecule has 7 heteroatoms. The summed E-state index contributed by atoms with van der Waals surface area (Å²) in [7, 11) is 0. The van der Waals surface area contributed by atoms with Crippen molar-refractivity contribution in [3.8, 4) is 11.3 Å². The van der Waals surface area contributed by atoms with Crippen molar-refractivity contribution in [2.75, 3.05) is 6.54 Å². The smallest absolute Gasteiger partial charge is 0.267 e. The molecule has 0 atom stereocenters. The molecule has 2 saturated carbocycles. The highest BCUT2D eigenvalue weighted by Gasteiger charge is 2.30. The van der Waals surface area contributed by atoms with Gasteiger partial charge in [-0.05, 0) is 38.5 Å². The third-order valence-corrected chi connectivity index (χ3v) is 5.49. The summed E-state index contributed by atoms with van der Waals surface area (Å²) in [5.41, 5.74) is 1.99. The first kappa shape index (κ1) is 17.9. The van der Waals surface area contributed by atoms with Crippen molar-refractivity contribution < 1.29 is 9.32 Å². The molecule has 0 radical (unpaired) electrons. The van der Waals surface area contributed by atoms with Gasteiger partial charge < -0.3 is 9.84 Å². The summed E-state index contributed by atoms with van der Waals surface area (Å²) < 4.78 is 6.61. The fourth-order valence-corrected chi connectivity index (χ4v) is 3.81. The van der Waals surface area contributed by atoms with E-state index in [0.29, 0.717) is 29.7 Å². The van der Waals surface area contributed by atoms with Gasteiger partial charge in [0.05, 0.1) is 11.4 Å². The normalized spacial score (nSPS) is 17.8. The van der Waals surface area contributed by atoms with Crippen LogP contribution in [0.5, 0.6) is 0 Å². The average molecular weight is 370 g/mol. The van der Waals surface area contributed by atoms with E-state index in [9.17, 15) is 9.59 Å². The van der Waals surface area contributed by atoms with Gasteiger partial charge in [0.25, 0.3) is 5.56 Å². The molecule has 1 N–H and O–H groups in total. The van der Waals surface area contributed by atoms with Crippen LogP contribution in [0.15, 0.2) is 21.5 Å². The first-order valence-electron chi connectivity index (χ1n) is 9.92. The third-order valence-electron chi connectivity index (χ3n) is 5.49. The molecular formula is C20H26N4O3. The van der Waals surface area contributed by atoms with Crippen LogP contribution in [0.3, 0.4) is 0 Å². The van der Waals surface area contributed by atoms with Crippen molar-refractivity contribution in [3.05, 3.63) is 33.9 Å². The van der Waals surface area contributed by atoms with Crippen LogP contribution in [-0.4, -0.2) is 27.4 Å². The zero-order chi connectivity index (χ0) is 18.8. The van der Waals surface area contributed by atoms with E-state index in [-0.39, 0.29) is 18.0 Å². The number of aryl methyl sites for hydroxylation is 1. The molecule has 2 aliphatic rings. The molecule has 0 spiro atoms. The second-order valence-corrected chi connectivity index (χ2v) is 7.85. The van der Waals surface area contributed by atoms with Gasteiger partial charge in [-0.1, -0.05) is 24.4 Å². The summed E-state index contributed by atoms with van der Waals surface area (Å²) in [4.78, 5) is 24.8. The minimum absolute atomic E-state index is 0.0407. The minimum atomic E-state index is -0.295. The summed E-state index contributed by atoms with van der Waals surface area (Å²) in [5, 5.41) is 11.4. The molecule has 2 fully saturated rings. The van der Waals surface area contributed by atoms with Gasteiger partial charge in [-0.15, -0.1) is 0 Å². The predicted molar refractivity (Wildman–Crippen MR) is 100 cm³/mol. The predicted octanol–water partition coefficient (Wildman–Crippen LogP) is 2.78. The van der Waals surface area contributed by atoms with E-state index in [0.717, 1.165) is 24.2 Å². The molecule has 2 aromatic heterocycles. The maximum atomic E-state index is 12.5. The highest BCUT2D eigenvalue weighted by Crippen LogP contribution is 2.42. The van der Waals surface area contributed by atoms with Crippen molar-refractivity contribution in [3.63, 3.8) is 0 Å². The lowest BCUT2D eigenvalue weighted by molar-refractivity contribution is -0.122. The van der Waals surface area contributed by atoms with Gasteiger partial charge >= 0.3 is 0 Å². The number of aromatic nitrogens is 3. The lowest BCUT2D eigenvalue weighted by Crippen LogP contribution is -2.36. The fourth-order valence-electron chi connectivity index (χ4n) is 3.81. The van der Waals surface area contributed by atoms with Gasteiger partial charge in [0.1, 0.15) is 6.54 Å². The van der Waals surface area contributed by atoms with E-state index >= 15 is 0 Å². The van der Waals surface area contributed by atoms with Crippen molar-refractivity contribution in [1.82, 2.24) is 20.3 Å². The molecule has 0 unspecified atom stereocenters. The summed E-state index contributed by atoms with van der Waals surface area (Å²) in [6.45, 7) is 2.49. The lowest BCUT2D eigenvalue weighted by Gasteiger charge is -2.21. The number of carbonyl (C=O) groups excluding carboxylic acids is 1. The van der Waals surface area contributed by atoms with Crippen molar-refractivity contribution in [2.24, 2.45) is 5.92 Å². The van der Waals surface area contributed by atoms with Crippen molar-refractivity contribution >= 4 is 5.91 Å². The summed E-state index contributed by atoms with van der Waals surface area (Å²) in [5.74, 6) is 1.29. The van der Waals surface area contributed by atoms with Gasteiger partial charge in [0, 0.05) is 30.2 Å². The first-order chi connectivity index (χ1) is 13.1. The van der Waals surface area contributed by atoms with E-state index in [1.54, 1.807) is 0 Å². The Morgan fingerprint density at radius 1 is 1.22 bits per heavy atom. The van der Waals surface area contributed by atoms with Gasteiger partial charge in [0.15, 0.2) is 5.76 Å². The van der Waals surface area contributed by atoms with Crippen LogP contribution in [0.1, 0.15) is 62.3 Å². The van der Waals surface area contributed by atoms with E-state index < -0.39 is 0 Å². The highest BCUT2D eigenvalue weighted by atomic mass is 16.5. The number of rotatable bonds is 6. The van der Waals surface area contributed by atoms with Crippen LogP contribution in [0.25, 0.3) is 11.3 Å². The second kappa shape index (κ2) is 7.66. The van der Waals surface area contributed by atoms with Crippen molar-refractivity contribution in [1.29, 1.82) is 0 Å². The second-order valence-electron chi connectivity index (χ2n) is 7.85. The molecule has 4 rings (SSSR count). The van der Waals surface area contributed by atoms with Gasteiger partial charge in [-0.2, -0.15) is 5.10 Å². The number of hydrogen-bond acceptors (Lipinski definition) is 5. The molecule has 144 valence electrons. The number of amides is 1. The Labute approximate surface area is 158 Å². The average Bonchev–Trinajstić information content (AvgIpc) is 3.43. The van der Waals surface area contributed by atoms with Crippen LogP contribution >= 0.6 is 0 Å². The summed E-state index contributed by atoms with van der Waals surface area (Å²) in [6, 6.07) is 3.33. The maximum absolute atomic E-state index is 12.5. The molecule has 27 heavy (non-hydrogen) atoms. The highest BCUT2D eigenvalue weighted by molar-refractivity contribution is 5.75. The molecule has 2 aromatic rings. The van der Waals surface area contributed by atoms with E-state index in [2.05, 4.69) is 15.6 Å². The number of hydrogen-bond donors (Lipinski definition) is 1. The molecule has 1 amide bonds. The molecule has 0 aliphatic heterocycles. The van der Waals surface area contributed by atoms with E-state index in [1.807, 2.05) is 13.0 Å². The number of nitrogens with zero attached hydrogens (tertiary/aromatic N) is 3. The Kier molecular flexibility index (Phi) is 5.09. The molecular weight excluding hydrogens is 344 g/mol. The number of carbonyl (C=O) groups is 1. The Hall–Kier alpha value is -2.44.